The van der Waals surface area contributed by atoms with E-state index in [1.807, 2.05) is 0 Å². The number of carbonyl (C=O) groups excluding carboxylic acids is 2. The first-order chi connectivity index (χ1) is 11.4. The van der Waals surface area contributed by atoms with E-state index in [2.05, 4.69) is 10.6 Å². The van der Waals surface area contributed by atoms with Gasteiger partial charge in [0.15, 0.2) is 0 Å². The number of halogens is 2. The third kappa shape index (κ3) is 4.70. The van der Waals surface area contributed by atoms with Gasteiger partial charge in [-0.05, 0) is 42.5 Å². The lowest BCUT2D eigenvalue weighted by Gasteiger charge is -2.11. The Hall–Kier alpha value is -2.60. The molecule has 0 saturated carbocycles. The summed E-state index contributed by atoms with van der Waals surface area (Å²) in [4.78, 5) is 25.1. The van der Waals surface area contributed by atoms with Gasteiger partial charge in [0.25, 0.3) is 5.91 Å². The smallest absolute Gasteiger partial charge is 0.253 e. The molecule has 0 fully saturated rings. The highest BCUT2D eigenvalue weighted by Gasteiger charge is 2.09. The van der Waals surface area contributed by atoms with Gasteiger partial charge in [-0.2, -0.15) is 0 Å². The largest absolute Gasteiger partial charge is 0.374 e. The Bertz CT molecular complexity index is 748. The van der Waals surface area contributed by atoms with E-state index >= 15 is 0 Å². The maximum atomic E-state index is 13.6. The van der Waals surface area contributed by atoms with E-state index in [-0.39, 0.29) is 29.1 Å². The summed E-state index contributed by atoms with van der Waals surface area (Å²) in [6.45, 7) is -0.100. The zero-order chi connectivity index (χ0) is 17.7. The van der Waals surface area contributed by atoms with Crippen LogP contribution in [0.25, 0.3) is 0 Å². The molecule has 0 aliphatic heterocycles. The molecule has 2 aromatic carbocycles. The SMILES string of the molecule is CN(C)C(=O)c1ccc(NC(=O)CNc2ccc(Cl)cc2F)cc1. The molecule has 0 heterocycles. The molecule has 126 valence electrons. The summed E-state index contributed by atoms with van der Waals surface area (Å²) >= 11 is 5.67. The van der Waals surface area contributed by atoms with E-state index in [4.69, 9.17) is 11.6 Å². The minimum Gasteiger partial charge on any atom is -0.374 e. The highest BCUT2D eigenvalue weighted by atomic mass is 35.5. The van der Waals surface area contributed by atoms with Gasteiger partial charge in [0.05, 0.1) is 12.2 Å². The zero-order valence-corrected chi connectivity index (χ0v) is 14.0. The standard InChI is InChI=1S/C17H17ClFN3O2/c1-22(2)17(24)11-3-6-13(7-4-11)21-16(23)10-20-15-8-5-12(18)9-14(15)19/h3-9,20H,10H2,1-2H3,(H,21,23). The lowest BCUT2D eigenvalue weighted by molar-refractivity contribution is -0.114. The number of carbonyl (C=O) groups is 2. The molecule has 2 aromatic rings. The molecule has 2 amide bonds. The van der Waals surface area contributed by atoms with Gasteiger partial charge in [0.1, 0.15) is 5.82 Å². The maximum absolute atomic E-state index is 13.6. The molecule has 5 nitrogen and oxygen atoms in total. The summed E-state index contributed by atoms with van der Waals surface area (Å²) < 4.78 is 13.6. The van der Waals surface area contributed by atoms with Crippen LogP contribution in [0.2, 0.25) is 5.02 Å². The van der Waals surface area contributed by atoms with Crippen molar-refractivity contribution >= 4 is 34.8 Å². The van der Waals surface area contributed by atoms with Crippen molar-refractivity contribution in [1.29, 1.82) is 0 Å². The Morgan fingerprint density at radius 3 is 2.38 bits per heavy atom. The molecular formula is C17H17ClFN3O2. The van der Waals surface area contributed by atoms with E-state index in [0.29, 0.717) is 11.3 Å². The van der Waals surface area contributed by atoms with Gasteiger partial charge < -0.3 is 15.5 Å². The van der Waals surface area contributed by atoms with Crippen molar-refractivity contribution in [3.05, 3.63) is 58.9 Å². The lowest BCUT2D eigenvalue weighted by Crippen LogP contribution is -2.23. The topological polar surface area (TPSA) is 61.4 Å². The molecular weight excluding hydrogens is 333 g/mol. The van der Waals surface area contributed by atoms with Crippen LogP contribution in [0.15, 0.2) is 42.5 Å². The molecule has 2 rings (SSSR count). The first kappa shape index (κ1) is 17.7. The van der Waals surface area contributed by atoms with Crippen LogP contribution in [0, 0.1) is 5.82 Å². The van der Waals surface area contributed by atoms with Gasteiger partial charge in [-0.15, -0.1) is 0 Å². The number of benzene rings is 2. The quantitative estimate of drug-likeness (QED) is 0.871. The summed E-state index contributed by atoms with van der Waals surface area (Å²) in [5.74, 6) is -0.981. The van der Waals surface area contributed by atoms with Crippen molar-refractivity contribution in [3.8, 4) is 0 Å². The van der Waals surface area contributed by atoms with Crippen molar-refractivity contribution in [3.63, 3.8) is 0 Å². The minimum atomic E-state index is -0.526. The summed E-state index contributed by atoms with van der Waals surface area (Å²) in [7, 11) is 3.33. The zero-order valence-electron chi connectivity index (χ0n) is 13.3. The lowest BCUT2D eigenvalue weighted by atomic mass is 10.2. The van der Waals surface area contributed by atoms with E-state index in [9.17, 15) is 14.0 Å². The fourth-order valence-electron chi connectivity index (χ4n) is 1.97. The highest BCUT2D eigenvalue weighted by Crippen LogP contribution is 2.18. The summed E-state index contributed by atoms with van der Waals surface area (Å²) in [5.41, 5.74) is 1.27. The van der Waals surface area contributed by atoms with Gasteiger partial charge in [-0.3, -0.25) is 9.59 Å². The second kappa shape index (κ2) is 7.79. The Labute approximate surface area is 144 Å². The number of amides is 2. The number of nitrogens with zero attached hydrogens (tertiary/aromatic N) is 1. The predicted octanol–water partition coefficient (Wildman–Crippen LogP) is 3.23. The maximum Gasteiger partial charge on any atom is 0.253 e. The molecule has 0 spiro atoms. The molecule has 0 saturated heterocycles. The third-order valence-corrected chi connectivity index (χ3v) is 3.43. The molecule has 0 bridgehead atoms. The molecule has 0 aromatic heterocycles. The van der Waals surface area contributed by atoms with E-state index in [1.165, 1.54) is 23.1 Å². The van der Waals surface area contributed by atoms with Crippen LogP contribution in [0.5, 0.6) is 0 Å². The first-order valence-electron chi connectivity index (χ1n) is 7.17. The molecule has 0 aliphatic carbocycles. The van der Waals surface area contributed by atoms with E-state index in [1.54, 1.807) is 38.4 Å². The Kier molecular flexibility index (Phi) is 5.76. The van der Waals surface area contributed by atoms with Crippen LogP contribution in [-0.4, -0.2) is 37.4 Å². The summed E-state index contributed by atoms with van der Waals surface area (Å²) in [5, 5.41) is 5.65. The van der Waals surface area contributed by atoms with Gasteiger partial charge in [0.2, 0.25) is 5.91 Å². The van der Waals surface area contributed by atoms with Crippen molar-refractivity contribution in [1.82, 2.24) is 4.90 Å². The molecule has 0 aliphatic rings. The van der Waals surface area contributed by atoms with Gasteiger partial charge >= 0.3 is 0 Å². The van der Waals surface area contributed by atoms with Crippen molar-refractivity contribution < 1.29 is 14.0 Å². The van der Waals surface area contributed by atoms with Gasteiger partial charge in [-0.1, -0.05) is 11.6 Å². The average Bonchev–Trinajstić information content (AvgIpc) is 2.54. The molecule has 7 heteroatoms. The highest BCUT2D eigenvalue weighted by molar-refractivity contribution is 6.30. The molecule has 0 unspecified atom stereocenters. The van der Waals surface area contributed by atoms with Crippen LogP contribution in [0.4, 0.5) is 15.8 Å². The molecule has 24 heavy (non-hydrogen) atoms. The van der Waals surface area contributed by atoms with Crippen LogP contribution in [0.1, 0.15) is 10.4 Å². The molecule has 0 atom stereocenters. The normalized spacial score (nSPS) is 10.2. The number of anilines is 2. The van der Waals surface area contributed by atoms with E-state index in [0.717, 1.165) is 0 Å². The second-order valence-electron chi connectivity index (χ2n) is 5.30. The van der Waals surface area contributed by atoms with Crippen LogP contribution in [-0.2, 0) is 4.79 Å². The summed E-state index contributed by atoms with van der Waals surface area (Å²) in [6.07, 6.45) is 0. The van der Waals surface area contributed by atoms with Gasteiger partial charge in [-0.25, -0.2) is 4.39 Å². The number of hydrogen-bond acceptors (Lipinski definition) is 3. The minimum absolute atomic E-state index is 0.100. The van der Waals surface area contributed by atoms with Gasteiger partial charge in [0, 0.05) is 30.4 Å². The van der Waals surface area contributed by atoms with E-state index < -0.39 is 5.82 Å². The predicted molar refractivity (Wildman–Crippen MR) is 93.0 cm³/mol. The number of hydrogen-bond donors (Lipinski definition) is 2. The fourth-order valence-corrected chi connectivity index (χ4v) is 2.13. The monoisotopic (exact) mass is 349 g/mol. The van der Waals surface area contributed by atoms with Crippen molar-refractivity contribution in [2.75, 3.05) is 31.3 Å². The summed E-state index contributed by atoms with van der Waals surface area (Å²) in [6, 6.07) is 10.7. The average molecular weight is 350 g/mol. The van der Waals surface area contributed by atoms with Crippen molar-refractivity contribution in [2.24, 2.45) is 0 Å². The van der Waals surface area contributed by atoms with Crippen molar-refractivity contribution in [2.45, 2.75) is 0 Å². The number of nitrogens with one attached hydrogen (secondary N) is 2. The van der Waals surface area contributed by atoms with Crippen LogP contribution < -0.4 is 10.6 Å². The first-order valence-corrected chi connectivity index (χ1v) is 7.55. The number of rotatable bonds is 5. The molecule has 2 N–H and O–H groups in total. The second-order valence-corrected chi connectivity index (χ2v) is 5.74. The Morgan fingerprint density at radius 2 is 1.79 bits per heavy atom. The fraction of sp³-hybridized carbons (Fsp3) is 0.176. The Morgan fingerprint density at radius 1 is 1.12 bits per heavy atom. The Balaban J connectivity index is 1.91. The molecule has 0 radical (unpaired) electrons. The van der Waals surface area contributed by atoms with Crippen LogP contribution >= 0.6 is 11.6 Å². The van der Waals surface area contributed by atoms with Crippen LogP contribution in [0.3, 0.4) is 0 Å². The third-order valence-electron chi connectivity index (χ3n) is 3.19.